The van der Waals surface area contributed by atoms with E-state index in [2.05, 4.69) is 19.4 Å². The lowest BCUT2D eigenvalue weighted by molar-refractivity contribution is 0.657. The summed E-state index contributed by atoms with van der Waals surface area (Å²) < 4.78 is 0. The molecule has 0 rings (SSSR count). The first-order chi connectivity index (χ1) is 4.35. The van der Waals surface area contributed by atoms with Gasteiger partial charge in [0.2, 0.25) is 0 Å². The highest BCUT2D eigenvalue weighted by atomic mass is 14.0. The first-order valence-corrected chi connectivity index (χ1v) is 3.43. The van der Waals surface area contributed by atoms with Crippen molar-refractivity contribution in [3.63, 3.8) is 0 Å². The van der Waals surface area contributed by atoms with Gasteiger partial charge in [-0.25, -0.2) is 0 Å². The van der Waals surface area contributed by atoms with Crippen molar-refractivity contribution in [1.29, 1.82) is 0 Å². The molecule has 0 radical (unpaired) electrons. The van der Waals surface area contributed by atoms with Crippen molar-refractivity contribution < 1.29 is 0 Å². The first-order valence-electron chi connectivity index (χ1n) is 3.43. The molecule has 50 valence electrons. The maximum atomic E-state index is 5.20. The average molecular weight is 122 g/mol. The summed E-state index contributed by atoms with van der Waals surface area (Å²) in [6.45, 7) is 5.81. The Morgan fingerprint density at radius 1 is 1.78 bits per heavy atom. The van der Waals surface area contributed by atoms with E-state index in [9.17, 15) is 0 Å². The van der Waals surface area contributed by atoms with Crippen LogP contribution in [0.15, 0.2) is 12.7 Å². The molecule has 0 spiro atoms. The Morgan fingerprint density at radius 2 is 2.44 bits per heavy atom. The van der Waals surface area contributed by atoms with Gasteiger partial charge in [-0.3, -0.25) is 0 Å². The summed E-state index contributed by atoms with van der Waals surface area (Å²) in [5.41, 5.74) is 0. The maximum Gasteiger partial charge on any atom is 0.0377 e. The van der Waals surface area contributed by atoms with Crippen molar-refractivity contribution in [3.8, 4) is 12.3 Å². The molecule has 0 nitrogen and oxygen atoms in total. The maximum absolute atomic E-state index is 5.20. The largest absolute Gasteiger partial charge is 0.119 e. The summed E-state index contributed by atoms with van der Waals surface area (Å²) in [7, 11) is 0. The summed E-state index contributed by atoms with van der Waals surface area (Å²) in [6, 6.07) is 0. The molecule has 0 aromatic rings. The van der Waals surface area contributed by atoms with Gasteiger partial charge in [0, 0.05) is 5.92 Å². The third kappa shape index (κ3) is 3.85. The summed E-state index contributed by atoms with van der Waals surface area (Å²) in [4.78, 5) is 0. The van der Waals surface area contributed by atoms with Gasteiger partial charge in [0.25, 0.3) is 0 Å². The molecule has 0 saturated carbocycles. The van der Waals surface area contributed by atoms with Crippen LogP contribution in [0.25, 0.3) is 0 Å². The molecule has 0 heterocycles. The van der Waals surface area contributed by atoms with Gasteiger partial charge >= 0.3 is 0 Å². The normalized spacial score (nSPS) is 12.0. The van der Waals surface area contributed by atoms with Crippen LogP contribution in [0.5, 0.6) is 0 Å². The third-order valence-corrected chi connectivity index (χ3v) is 1.37. The van der Waals surface area contributed by atoms with Crippen LogP contribution in [-0.2, 0) is 0 Å². The lowest BCUT2D eigenvalue weighted by Crippen LogP contribution is -1.89. The molecule has 0 N–H and O–H groups in total. The van der Waals surface area contributed by atoms with Gasteiger partial charge in [-0.15, -0.1) is 13.0 Å². The van der Waals surface area contributed by atoms with Gasteiger partial charge in [0.1, 0.15) is 0 Å². The molecule has 0 bridgehead atoms. The van der Waals surface area contributed by atoms with E-state index in [4.69, 9.17) is 6.42 Å². The molecule has 0 aliphatic heterocycles. The van der Waals surface area contributed by atoms with Crippen LogP contribution in [0.1, 0.15) is 26.2 Å². The van der Waals surface area contributed by atoms with Gasteiger partial charge in [-0.05, 0) is 6.42 Å². The highest BCUT2D eigenvalue weighted by Gasteiger charge is 1.95. The molecular weight excluding hydrogens is 108 g/mol. The molecule has 1 atom stereocenters. The molecule has 0 aromatic heterocycles. The molecule has 0 aromatic carbocycles. The topological polar surface area (TPSA) is 0 Å². The highest BCUT2D eigenvalue weighted by Crippen LogP contribution is 2.06. The van der Waals surface area contributed by atoms with Crippen LogP contribution in [0.4, 0.5) is 0 Å². The van der Waals surface area contributed by atoms with E-state index >= 15 is 0 Å². The Balaban J connectivity index is 3.34. The van der Waals surface area contributed by atoms with E-state index in [0.717, 1.165) is 6.42 Å². The van der Waals surface area contributed by atoms with Gasteiger partial charge in [-0.1, -0.05) is 31.8 Å². The van der Waals surface area contributed by atoms with E-state index < -0.39 is 0 Å². The van der Waals surface area contributed by atoms with Crippen molar-refractivity contribution in [3.05, 3.63) is 12.7 Å². The molecular formula is C9H14. The minimum Gasteiger partial charge on any atom is -0.119 e. The summed E-state index contributed by atoms with van der Waals surface area (Å²) >= 11 is 0. The quantitative estimate of drug-likeness (QED) is 0.397. The minimum absolute atomic E-state index is 0.296. The van der Waals surface area contributed by atoms with Crippen molar-refractivity contribution >= 4 is 0 Å². The number of unbranched alkanes of at least 4 members (excludes halogenated alkanes) is 1. The Hall–Kier alpha value is -0.700. The van der Waals surface area contributed by atoms with Gasteiger partial charge in [0.15, 0.2) is 0 Å². The third-order valence-electron chi connectivity index (χ3n) is 1.37. The second-order valence-electron chi connectivity index (χ2n) is 2.15. The zero-order chi connectivity index (χ0) is 7.11. The Bertz CT molecular complexity index is 106. The highest BCUT2D eigenvalue weighted by molar-refractivity contribution is 5.01. The Labute approximate surface area is 58.0 Å². The first kappa shape index (κ1) is 8.30. The molecule has 0 aliphatic rings. The monoisotopic (exact) mass is 122 g/mol. The van der Waals surface area contributed by atoms with Gasteiger partial charge < -0.3 is 0 Å². The van der Waals surface area contributed by atoms with Gasteiger partial charge in [-0.2, -0.15) is 0 Å². The molecule has 0 fully saturated rings. The van der Waals surface area contributed by atoms with Crippen LogP contribution in [0, 0.1) is 18.3 Å². The standard InChI is InChI=1S/C9H14/c1-4-7-8-9(5-2)6-3/h2,6,9H,3-4,7-8H2,1H3. The summed E-state index contributed by atoms with van der Waals surface area (Å²) in [6.07, 6.45) is 10.6. The van der Waals surface area contributed by atoms with Crippen LogP contribution in [-0.4, -0.2) is 0 Å². The zero-order valence-corrected chi connectivity index (χ0v) is 6.06. The van der Waals surface area contributed by atoms with E-state index in [1.807, 2.05) is 6.08 Å². The number of hydrogen-bond acceptors (Lipinski definition) is 0. The lowest BCUT2D eigenvalue weighted by Gasteiger charge is -2.00. The van der Waals surface area contributed by atoms with E-state index in [0.29, 0.717) is 5.92 Å². The molecule has 0 heteroatoms. The molecule has 9 heavy (non-hydrogen) atoms. The predicted octanol–water partition coefficient (Wildman–Crippen LogP) is 2.61. The lowest BCUT2D eigenvalue weighted by atomic mass is 10.0. The van der Waals surface area contributed by atoms with Crippen LogP contribution < -0.4 is 0 Å². The van der Waals surface area contributed by atoms with Crippen molar-refractivity contribution in [1.82, 2.24) is 0 Å². The van der Waals surface area contributed by atoms with Crippen molar-refractivity contribution in [2.75, 3.05) is 0 Å². The smallest absolute Gasteiger partial charge is 0.0377 e. The second-order valence-corrected chi connectivity index (χ2v) is 2.15. The zero-order valence-electron chi connectivity index (χ0n) is 6.06. The molecule has 0 amide bonds. The fraction of sp³-hybridized carbons (Fsp3) is 0.556. The fourth-order valence-electron chi connectivity index (χ4n) is 0.693. The van der Waals surface area contributed by atoms with E-state index in [-0.39, 0.29) is 0 Å². The predicted molar refractivity (Wildman–Crippen MR) is 42.0 cm³/mol. The fourth-order valence-corrected chi connectivity index (χ4v) is 0.693. The van der Waals surface area contributed by atoms with E-state index in [1.54, 1.807) is 0 Å². The Morgan fingerprint density at radius 3 is 2.78 bits per heavy atom. The molecule has 1 unspecified atom stereocenters. The number of terminal acetylenes is 1. The molecule has 0 aliphatic carbocycles. The van der Waals surface area contributed by atoms with Crippen molar-refractivity contribution in [2.24, 2.45) is 5.92 Å². The van der Waals surface area contributed by atoms with Gasteiger partial charge in [0.05, 0.1) is 0 Å². The van der Waals surface area contributed by atoms with Crippen molar-refractivity contribution in [2.45, 2.75) is 26.2 Å². The summed E-state index contributed by atoms with van der Waals surface area (Å²) in [5, 5.41) is 0. The number of hydrogen-bond donors (Lipinski definition) is 0. The van der Waals surface area contributed by atoms with Crippen LogP contribution in [0.3, 0.4) is 0 Å². The Kier molecular flexibility index (Phi) is 5.01. The number of rotatable bonds is 4. The molecule has 0 saturated heterocycles. The number of allylic oxidation sites excluding steroid dienone is 1. The van der Waals surface area contributed by atoms with Crippen LogP contribution in [0.2, 0.25) is 0 Å². The summed E-state index contributed by atoms with van der Waals surface area (Å²) in [5.74, 6) is 2.96. The van der Waals surface area contributed by atoms with E-state index in [1.165, 1.54) is 12.8 Å². The SMILES string of the molecule is C#CC(C=C)CCCC. The average Bonchev–Trinajstić information content (AvgIpc) is 1.91. The van der Waals surface area contributed by atoms with Crippen LogP contribution >= 0.6 is 0 Å². The second kappa shape index (κ2) is 5.44. The minimum atomic E-state index is 0.296.